The SMILES string of the molecule is C[C@@H]1CN(C(c2ccccc2)(c2ccccc2)c2ccccc2)CCN1c1nccnc1OCCO. The first-order chi connectivity index (χ1) is 17.7. The van der Waals surface area contributed by atoms with Crippen LogP contribution in [-0.2, 0) is 5.54 Å². The molecule has 0 radical (unpaired) electrons. The predicted octanol–water partition coefficient (Wildman–Crippen LogP) is 4.35. The van der Waals surface area contributed by atoms with Crippen LogP contribution in [0.25, 0.3) is 0 Å². The Morgan fingerprint density at radius 2 is 1.33 bits per heavy atom. The Labute approximate surface area is 212 Å². The van der Waals surface area contributed by atoms with Gasteiger partial charge in [-0.15, -0.1) is 0 Å². The third-order valence-corrected chi connectivity index (χ3v) is 6.93. The summed E-state index contributed by atoms with van der Waals surface area (Å²) in [5.74, 6) is 1.19. The molecule has 1 fully saturated rings. The number of aliphatic hydroxyl groups is 1. The van der Waals surface area contributed by atoms with E-state index in [-0.39, 0.29) is 19.3 Å². The average molecular weight is 481 g/mol. The van der Waals surface area contributed by atoms with Crippen molar-refractivity contribution in [3.63, 3.8) is 0 Å². The molecule has 0 saturated carbocycles. The Bertz CT molecular complexity index is 1140. The van der Waals surface area contributed by atoms with Gasteiger partial charge in [0.2, 0.25) is 0 Å². The van der Waals surface area contributed by atoms with Crippen LogP contribution >= 0.6 is 0 Å². The van der Waals surface area contributed by atoms with Gasteiger partial charge in [-0.2, -0.15) is 0 Å². The lowest BCUT2D eigenvalue weighted by atomic mass is 9.75. The minimum atomic E-state index is -0.442. The first-order valence-electron chi connectivity index (χ1n) is 12.5. The van der Waals surface area contributed by atoms with Gasteiger partial charge in [-0.3, -0.25) is 4.90 Å². The van der Waals surface area contributed by atoms with Crippen molar-refractivity contribution < 1.29 is 9.84 Å². The highest BCUT2D eigenvalue weighted by molar-refractivity contribution is 5.52. The quantitative estimate of drug-likeness (QED) is 0.379. The van der Waals surface area contributed by atoms with Crippen LogP contribution in [0.2, 0.25) is 0 Å². The lowest BCUT2D eigenvalue weighted by molar-refractivity contribution is 0.128. The second kappa shape index (κ2) is 10.9. The Morgan fingerprint density at radius 1 is 0.806 bits per heavy atom. The molecule has 6 heteroatoms. The van der Waals surface area contributed by atoms with Crippen molar-refractivity contribution in [1.29, 1.82) is 0 Å². The zero-order chi connectivity index (χ0) is 24.8. The standard InChI is InChI=1S/C30H32N4O2/c1-24-23-33(19-20-34(24)28-29(36-22-21-35)32-18-17-31-28)30(25-11-5-2-6-12-25,26-13-7-3-8-14-26)27-15-9-4-10-16-27/h2-18,24,35H,19-23H2,1H3/t24-/m1/s1. The fourth-order valence-electron chi connectivity index (χ4n) is 5.42. The second-order valence-corrected chi connectivity index (χ2v) is 9.05. The van der Waals surface area contributed by atoms with Crippen molar-refractivity contribution in [3.8, 4) is 5.88 Å². The number of hydrogen-bond donors (Lipinski definition) is 1. The normalized spacial score (nSPS) is 16.6. The molecule has 1 saturated heterocycles. The van der Waals surface area contributed by atoms with Gasteiger partial charge in [0, 0.05) is 38.1 Å². The van der Waals surface area contributed by atoms with Crippen molar-refractivity contribution in [3.05, 3.63) is 120 Å². The number of anilines is 1. The summed E-state index contributed by atoms with van der Waals surface area (Å²) in [6.07, 6.45) is 3.32. The van der Waals surface area contributed by atoms with Crippen LogP contribution in [-0.4, -0.2) is 58.9 Å². The molecule has 0 amide bonds. The summed E-state index contributed by atoms with van der Waals surface area (Å²) in [6, 6.07) is 32.6. The summed E-state index contributed by atoms with van der Waals surface area (Å²) in [6.45, 7) is 4.76. The smallest absolute Gasteiger partial charge is 0.257 e. The molecule has 184 valence electrons. The Kier molecular flexibility index (Phi) is 7.26. The summed E-state index contributed by atoms with van der Waals surface area (Å²) in [5.41, 5.74) is 3.29. The van der Waals surface area contributed by atoms with Crippen LogP contribution in [0.5, 0.6) is 5.88 Å². The third-order valence-electron chi connectivity index (χ3n) is 6.93. The fourth-order valence-corrected chi connectivity index (χ4v) is 5.42. The molecule has 0 aliphatic carbocycles. The van der Waals surface area contributed by atoms with Crippen LogP contribution in [0.15, 0.2) is 103 Å². The number of benzene rings is 3. The molecular weight excluding hydrogens is 448 g/mol. The monoisotopic (exact) mass is 480 g/mol. The van der Waals surface area contributed by atoms with E-state index in [4.69, 9.17) is 4.74 Å². The van der Waals surface area contributed by atoms with Gasteiger partial charge in [0.25, 0.3) is 5.88 Å². The van der Waals surface area contributed by atoms with Crippen LogP contribution in [0, 0.1) is 0 Å². The zero-order valence-electron chi connectivity index (χ0n) is 20.6. The molecule has 5 rings (SSSR count). The number of nitrogens with zero attached hydrogens (tertiary/aromatic N) is 4. The largest absolute Gasteiger partial charge is 0.473 e. The molecule has 1 aliphatic heterocycles. The van der Waals surface area contributed by atoms with E-state index in [2.05, 4.69) is 118 Å². The minimum Gasteiger partial charge on any atom is -0.473 e. The maximum atomic E-state index is 9.24. The molecule has 1 aromatic heterocycles. The van der Waals surface area contributed by atoms with Gasteiger partial charge in [0.15, 0.2) is 5.82 Å². The lowest BCUT2D eigenvalue weighted by Crippen LogP contribution is -2.60. The van der Waals surface area contributed by atoms with Gasteiger partial charge in [-0.05, 0) is 23.6 Å². The maximum absolute atomic E-state index is 9.24. The third kappa shape index (κ3) is 4.45. The number of aromatic nitrogens is 2. The van der Waals surface area contributed by atoms with E-state index in [1.807, 2.05) is 0 Å². The molecule has 0 bridgehead atoms. The molecule has 1 aliphatic rings. The highest BCUT2D eigenvalue weighted by atomic mass is 16.5. The average Bonchev–Trinajstić information content (AvgIpc) is 2.95. The van der Waals surface area contributed by atoms with Gasteiger partial charge in [0.05, 0.1) is 12.1 Å². The number of piperazine rings is 1. The first-order valence-corrected chi connectivity index (χ1v) is 12.5. The van der Waals surface area contributed by atoms with E-state index in [0.717, 1.165) is 25.5 Å². The number of hydrogen-bond acceptors (Lipinski definition) is 6. The van der Waals surface area contributed by atoms with Crippen LogP contribution in [0.1, 0.15) is 23.6 Å². The van der Waals surface area contributed by atoms with Crippen LogP contribution < -0.4 is 9.64 Å². The Hall–Kier alpha value is -3.74. The van der Waals surface area contributed by atoms with E-state index >= 15 is 0 Å². The molecule has 0 spiro atoms. The molecular formula is C30H32N4O2. The molecule has 1 N–H and O–H groups in total. The van der Waals surface area contributed by atoms with Crippen molar-refractivity contribution in [2.24, 2.45) is 0 Å². The summed E-state index contributed by atoms with van der Waals surface area (Å²) < 4.78 is 5.71. The zero-order valence-corrected chi connectivity index (χ0v) is 20.6. The van der Waals surface area contributed by atoms with E-state index in [0.29, 0.717) is 5.88 Å². The maximum Gasteiger partial charge on any atom is 0.257 e. The summed E-state index contributed by atoms with van der Waals surface area (Å²) in [4.78, 5) is 13.9. The number of rotatable bonds is 8. The first kappa shape index (κ1) is 24.0. The predicted molar refractivity (Wildman–Crippen MR) is 142 cm³/mol. The molecule has 4 aromatic rings. The Balaban J connectivity index is 1.58. The summed E-state index contributed by atoms with van der Waals surface area (Å²) in [5, 5.41) is 9.24. The van der Waals surface area contributed by atoms with Crippen LogP contribution in [0.3, 0.4) is 0 Å². The molecule has 6 nitrogen and oxygen atoms in total. The van der Waals surface area contributed by atoms with Crippen molar-refractivity contribution >= 4 is 5.82 Å². The Morgan fingerprint density at radius 3 is 1.83 bits per heavy atom. The van der Waals surface area contributed by atoms with E-state index in [1.165, 1.54) is 16.7 Å². The fraction of sp³-hybridized carbons (Fsp3) is 0.267. The van der Waals surface area contributed by atoms with Gasteiger partial charge in [-0.1, -0.05) is 91.0 Å². The van der Waals surface area contributed by atoms with Gasteiger partial charge in [0.1, 0.15) is 6.61 Å². The lowest BCUT2D eigenvalue weighted by Gasteiger charge is -2.51. The molecule has 36 heavy (non-hydrogen) atoms. The molecule has 1 atom stereocenters. The van der Waals surface area contributed by atoms with Gasteiger partial charge < -0.3 is 14.7 Å². The topological polar surface area (TPSA) is 61.7 Å². The summed E-state index contributed by atoms with van der Waals surface area (Å²) >= 11 is 0. The molecule has 0 unspecified atom stereocenters. The highest BCUT2D eigenvalue weighted by Gasteiger charge is 2.44. The number of aliphatic hydroxyl groups excluding tert-OH is 1. The van der Waals surface area contributed by atoms with Crippen molar-refractivity contribution in [2.45, 2.75) is 18.5 Å². The van der Waals surface area contributed by atoms with E-state index < -0.39 is 5.54 Å². The minimum absolute atomic E-state index is 0.0624. The van der Waals surface area contributed by atoms with E-state index in [1.54, 1.807) is 12.4 Å². The second-order valence-electron chi connectivity index (χ2n) is 9.05. The van der Waals surface area contributed by atoms with Gasteiger partial charge >= 0.3 is 0 Å². The molecule has 3 aromatic carbocycles. The van der Waals surface area contributed by atoms with Crippen molar-refractivity contribution in [1.82, 2.24) is 14.9 Å². The number of ether oxygens (including phenoxy) is 1. The van der Waals surface area contributed by atoms with Gasteiger partial charge in [-0.25, -0.2) is 9.97 Å². The summed E-state index contributed by atoms with van der Waals surface area (Å²) in [7, 11) is 0. The molecule has 2 heterocycles. The van der Waals surface area contributed by atoms with Crippen LogP contribution in [0.4, 0.5) is 5.82 Å². The van der Waals surface area contributed by atoms with E-state index in [9.17, 15) is 5.11 Å². The highest BCUT2D eigenvalue weighted by Crippen LogP contribution is 2.43. The van der Waals surface area contributed by atoms with Crippen molar-refractivity contribution in [2.75, 3.05) is 37.7 Å².